The van der Waals surface area contributed by atoms with Gasteiger partial charge in [-0.1, -0.05) is 29.0 Å². The van der Waals surface area contributed by atoms with Crippen LogP contribution in [-0.4, -0.2) is 33.8 Å². The molecule has 0 saturated carbocycles. The minimum Gasteiger partial charge on any atom is -0.353 e. The first-order valence-corrected chi connectivity index (χ1v) is 9.48. The maximum absolute atomic E-state index is 12.1. The number of carbonyl (C=O) groups excluding carboxylic acids is 2. The van der Waals surface area contributed by atoms with Gasteiger partial charge in [0.15, 0.2) is 0 Å². The van der Waals surface area contributed by atoms with E-state index < -0.39 is 0 Å². The summed E-state index contributed by atoms with van der Waals surface area (Å²) in [5.41, 5.74) is 1.85. The van der Waals surface area contributed by atoms with E-state index in [1.54, 1.807) is 0 Å². The zero-order valence-corrected chi connectivity index (χ0v) is 15.5. The van der Waals surface area contributed by atoms with Gasteiger partial charge in [0.05, 0.1) is 5.75 Å². The van der Waals surface area contributed by atoms with Gasteiger partial charge < -0.3 is 10.6 Å². The van der Waals surface area contributed by atoms with Crippen LogP contribution in [0.5, 0.6) is 0 Å². The Labute approximate surface area is 149 Å². The largest absolute Gasteiger partial charge is 0.353 e. The number of rotatable bonds is 7. The fraction of sp³-hybridized carbons (Fsp3) is 0.375. The Hall–Kier alpha value is -1.93. The van der Waals surface area contributed by atoms with E-state index in [4.69, 9.17) is 0 Å². The third kappa shape index (κ3) is 5.93. The van der Waals surface area contributed by atoms with Gasteiger partial charge >= 0.3 is 0 Å². The molecule has 0 fully saturated rings. The molecular weight excluding hydrogens is 344 g/mol. The summed E-state index contributed by atoms with van der Waals surface area (Å²) in [6.45, 7) is 5.83. The molecule has 0 unspecified atom stereocenters. The van der Waals surface area contributed by atoms with Gasteiger partial charge in [-0.3, -0.25) is 9.59 Å². The molecule has 2 N–H and O–H groups in total. The molecule has 2 amide bonds. The van der Waals surface area contributed by atoms with Crippen molar-refractivity contribution in [3.05, 3.63) is 39.8 Å². The van der Waals surface area contributed by atoms with E-state index in [-0.39, 0.29) is 17.9 Å². The van der Waals surface area contributed by atoms with Crippen LogP contribution >= 0.6 is 23.1 Å². The minimum absolute atomic E-state index is 0.00291. The van der Waals surface area contributed by atoms with E-state index in [2.05, 4.69) is 20.8 Å². The van der Waals surface area contributed by atoms with Crippen LogP contribution in [0.1, 0.15) is 34.2 Å². The molecule has 1 aromatic heterocycles. The number of amides is 2. The highest BCUT2D eigenvalue weighted by molar-refractivity contribution is 7.99. The molecule has 0 aliphatic carbocycles. The smallest absolute Gasteiger partial charge is 0.286 e. The summed E-state index contributed by atoms with van der Waals surface area (Å²) in [6.07, 6.45) is 0. The highest BCUT2D eigenvalue weighted by atomic mass is 32.2. The molecular formula is C16H20N4O2S2. The van der Waals surface area contributed by atoms with E-state index in [9.17, 15) is 9.59 Å². The summed E-state index contributed by atoms with van der Waals surface area (Å²) in [4.78, 5) is 23.7. The van der Waals surface area contributed by atoms with Gasteiger partial charge in [-0.05, 0) is 32.9 Å². The Morgan fingerprint density at radius 2 is 1.92 bits per heavy atom. The van der Waals surface area contributed by atoms with Gasteiger partial charge in [0.25, 0.3) is 5.91 Å². The first-order chi connectivity index (χ1) is 11.4. The highest BCUT2D eigenvalue weighted by Crippen LogP contribution is 2.18. The lowest BCUT2D eigenvalue weighted by Crippen LogP contribution is -2.31. The van der Waals surface area contributed by atoms with Crippen molar-refractivity contribution in [1.29, 1.82) is 0 Å². The topological polar surface area (TPSA) is 84.0 Å². The summed E-state index contributed by atoms with van der Waals surface area (Å²) in [5, 5.41) is 14.6. The predicted octanol–water partition coefficient (Wildman–Crippen LogP) is 2.86. The summed E-state index contributed by atoms with van der Waals surface area (Å²) in [6, 6.07) is 7.69. The lowest BCUT2D eigenvalue weighted by Gasteiger charge is -2.06. The Balaban J connectivity index is 1.82. The molecule has 0 aliphatic heterocycles. The number of aromatic nitrogens is 2. The monoisotopic (exact) mass is 364 g/mol. The standard InChI is InChI=1S/C16H20N4O2S2/c1-10(2)17-13(21)8-23-9-14-19-20-16(24-14)15(22)18-12-6-4-11(3)5-7-12/h4-7,10H,8-9H2,1-3H3,(H,17,21)(H,18,22). The molecule has 128 valence electrons. The quantitative estimate of drug-likeness (QED) is 0.789. The number of nitrogens with one attached hydrogen (secondary N) is 2. The van der Waals surface area contributed by atoms with Crippen molar-refractivity contribution in [3.63, 3.8) is 0 Å². The first kappa shape index (κ1) is 18.4. The molecule has 0 aliphatic rings. The molecule has 8 heteroatoms. The molecule has 0 radical (unpaired) electrons. The van der Waals surface area contributed by atoms with Crippen molar-refractivity contribution in [2.75, 3.05) is 11.1 Å². The summed E-state index contributed by atoms with van der Waals surface area (Å²) in [5.74, 6) is 0.644. The Morgan fingerprint density at radius 3 is 2.58 bits per heavy atom. The Bertz CT molecular complexity index is 698. The predicted molar refractivity (Wildman–Crippen MR) is 98.5 cm³/mol. The maximum atomic E-state index is 12.1. The fourth-order valence-corrected chi connectivity index (χ4v) is 3.44. The number of nitrogens with zero attached hydrogens (tertiary/aromatic N) is 2. The summed E-state index contributed by atoms with van der Waals surface area (Å²) in [7, 11) is 0. The number of aryl methyl sites for hydroxylation is 1. The average molecular weight is 364 g/mol. The van der Waals surface area contributed by atoms with Crippen LogP contribution in [0, 0.1) is 6.92 Å². The van der Waals surface area contributed by atoms with Gasteiger partial charge in [0.2, 0.25) is 10.9 Å². The van der Waals surface area contributed by atoms with Gasteiger partial charge in [0.1, 0.15) is 5.01 Å². The van der Waals surface area contributed by atoms with Crippen LogP contribution in [0.3, 0.4) is 0 Å². The molecule has 0 atom stereocenters. The molecule has 6 nitrogen and oxygen atoms in total. The van der Waals surface area contributed by atoms with Crippen molar-refractivity contribution in [1.82, 2.24) is 15.5 Å². The summed E-state index contributed by atoms with van der Waals surface area (Å²) < 4.78 is 0. The molecule has 0 spiro atoms. The van der Waals surface area contributed by atoms with Crippen LogP contribution in [0.4, 0.5) is 5.69 Å². The average Bonchev–Trinajstić information content (AvgIpc) is 2.98. The number of benzene rings is 1. The van der Waals surface area contributed by atoms with Crippen molar-refractivity contribution < 1.29 is 9.59 Å². The molecule has 24 heavy (non-hydrogen) atoms. The molecule has 0 bridgehead atoms. The van der Waals surface area contributed by atoms with E-state index in [0.29, 0.717) is 16.5 Å². The zero-order valence-electron chi connectivity index (χ0n) is 13.8. The zero-order chi connectivity index (χ0) is 17.5. The second kappa shape index (κ2) is 8.79. The van der Waals surface area contributed by atoms with E-state index in [1.165, 1.54) is 23.1 Å². The van der Waals surface area contributed by atoms with Crippen LogP contribution in [0.15, 0.2) is 24.3 Å². The normalized spacial score (nSPS) is 10.7. The second-order valence-corrected chi connectivity index (χ2v) is 7.58. The second-order valence-electron chi connectivity index (χ2n) is 5.54. The number of thioether (sulfide) groups is 1. The lowest BCUT2D eigenvalue weighted by molar-refractivity contribution is -0.119. The number of hydrogen-bond acceptors (Lipinski definition) is 6. The van der Waals surface area contributed by atoms with Gasteiger partial charge in [-0.25, -0.2) is 0 Å². The minimum atomic E-state index is -0.273. The van der Waals surface area contributed by atoms with Crippen molar-refractivity contribution in [2.45, 2.75) is 32.6 Å². The fourth-order valence-electron chi connectivity index (χ4n) is 1.82. The van der Waals surface area contributed by atoms with Gasteiger partial charge in [-0.2, -0.15) is 0 Å². The Morgan fingerprint density at radius 1 is 1.21 bits per heavy atom. The molecule has 2 rings (SSSR count). The molecule has 2 aromatic rings. The van der Waals surface area contributed by atoms with Crippen LogP contribution in [0.25, 0.3) is 0 Å². The van der Waals surface area contributed by atoms with Gasteiger partial charge in [-0.15, -0.1) is 22.0 Å². The van der Waals surface area contributed by atoms with Crippen LogP contribution in [0.2, 0.25) is 0 Å². The Kier molecular flexibility index (Phi) is 6.74. The number of anilines is 1. The maximum Gasteiger partial charge on any atom is 0.286 e. The van der Waals surface area contributed by atoms with Crippen LogP contribution < -0.4 is 10.6 Å². The van der Waals surface area contributed by atoms with E-state index in [0.717, 1.165) is 16.3 Å². The van der Waals surface area contributed by atoms with E-state index in [1.807, 2.05) is 45.0 Å². The van der Waals surface area contributed by atoms with Crippen molar-refractivity contribution in [3.8, 4) is 0 Å². The van der Waals surface area contributed by atoms with Gasteiger partial charge in [0, 0.05) is 17.5 Å². The SMILES string of the molecule is Cc1ccc(NC(=O)c2nnc(CSCC(=O)NC(C)C)s2)cc1. The first-order valence-electron chi connectivity index (χ1n) is 7.51. The molecule has 1 aromatic carbocycles. The molecule has 0 saturated heterocycles. The number of hydrogen-bond donors (Lipinski definition) is 2. The molecule has 1 heterocycles. The third-order valence-electron chi connectivity index (χ3n) is 2.88. The highest BCUT2D eigenvalue weighted by Gasteiger charge is 2.13. The van der Waals surface area contributed by atoms with Crippen molar-refractivity contribution in [2.24, 2.45) is 0 Å². The third-order valence-corrected chi connectivity index (χ3v) is 4.93. The van der Waals surface area contributed by atoms with E-state index >= 15 is 0 Å². The van der Waals surface area contributed by atoms with Crippen molar-refractivity contribution >= 4 is 40.6 Å². The lowest BCUT2D eigenvalue weighted by atomic mass is 10.2. The number of carbonyl (C=O) groups is 2. The summed E-state index contributed by atoms with van der Waals surface area (Å²) >= 11 is 2.69. The van der Waals surface area contributed by atoms with Crippen LogP contribution in [-0.2, 0) is 10.5 Å².